The van der Waals surface area contributed by atoms with Gasteiger partial charge in [0.2, 0.25) is 5.88 Å². The number of nitriles is 1. The Kier molecular flexibility index (Phi) is 6.01. The fraction of sp³-hybridized carbons (Fsp3) is 0.217. The van der Waals surface area contributed by atoms with Crippen molar-refractivity contribution in [3.8, 4) is 17.2 Å². The molecular weight excluding hydrogens is 368 g/mol. The second-order valence-corrected chi connectivity index (χ2v) is 6.60. The number of carbonyl (C=O) groups is 1. The lowest BCUT2D eigenvalue weighted by Gasteiger charge is -2.27. The van der Waals surface area contributed by atoms with E-state index in [0.29, 0.717) is 5.76 Å². The molecule has 0 saturated heterocycles. The number of rotatable bonds is 5. The summed E-state index contributed by atoms with van der Waals surface area (Å²) in [5, 5.41) is 18.9. The van der Waals surface area contributed by atoms with Crippen LogP contribution in [0.15, 0.2) is 71.3 Å². The Bertz CT molecular complexity index is 1030. The molecule has 6 nitrogen and oxygen atoms in total. The molecule has 6 heteroatoms. The van der Waals surface area contributed by atoms with Gasteiger partial charge in [0.1, 0.15) is 17.4 Å². The van der Waals surface area contributed by atoms with Gasteiger partial charge in [-0.25, -0.2) is 4.79 Å². The number of aliphatic hydroxyl groups is 1. The highest BCUT2D eigenvalue weighted by Gasteiger charge is 2.36. The molecule has 0 fully saturated rings. The fourth-order valence-electron chi connectivity index (χ4n) is 3.39. The third kappa shape index (κ3) is 4.00. The number of benzene rings is 2. The number of hydrogen-bond donors (Lipinski definition) is 2. The predicted molar refractivity (Wildman–Crippen MR) is 108 cm³/mol. The van der Waals surface area contributed by atoms with Crippen LogP contribution in [0.25, 0.3) is 11.1 Å². The molecular formula is C23H22N2O4. The molecule has 0 aliphatic carbocycles. The van der Waals surface area contributed by atoms with Gasteiger partial charge in [-0.3, -0.25) is 0 Å². The maximum atomic E-state index is 12.6. The van der Waals surface area contributed by atoms with Crippen molar-refractivity contribution >= 4 is 5.97 Å². The van der Waals surface area contributed by atoms with Crippen LogP contribution in [0.4, 0.5) is 0 Å². The van der Waals surface area contributed by atoms with Gasteiger partial charge in [0, 0.05) is 0 Å². The van der Waals surface area contributed by atoms with Crippen molar-refractivity contribution in [3.05, 3.63) is 82.4 Å². The quantitative estimate of drug-likeness (QED) is 0.757. The molecule has 3 N–H and O–H groups in total. The second-order valence-electron chi connectivity index (χ2n) is 6.60. The molecule has 1 atom stereocenters. The van der Waals surface area contributed by atoms with E-state index in [1.165, 1.54) is 0 Å². The van der Waals surface area contributed by atoms with Gasteiger partial charge in [0.05, 0.1) is 24.7 Å². The molecule has 0 aromatic heterocycles. The van der Waals surface area contributed by atoms with Gasteiger partial charge in [-0.15, -0.1) is 0 Å². The minimum absolute atomic E-state index is 0.0132. The third-order valence-corrected chi connectivity index (χ3v) is 4.79. The lowest BCUT2D eigenvalue weighted by molar-refractivity contribution is -0.139. The van der Waals surface area contributed by atoms with Gasteiger partial charge in [-0.05, 0) is 36.1 Å². The fourth-order valence-corrected chi connectivity index (χ4v) is 3.39. The van der Waals surface area contributed by atoms with Gasteiger partial charge < -0.3 is 20.3 Å². The molecule has 1 aliphatic rings. The number of esters is 1. The van der Waals surface area contributed by atoms with Crippen LogP contribution in [0.1, 0.15) is 30.9 Å². The van der Waals surface area contributed by atoms with E-state index in [1.807, 2.05) is 48.5 Å². The molecule has 148 valence electrons. The Morgan fingerprint density at radius 1 is 1.24 bits per heavy atom. The second kappa shape index (κ2) is 8.63. The number of aliphatic hydroxyl groups excluding tert-OH is 1. The first kappa shape index (κ1) is 20.2. The van der Waals surface area contributed by atoms with Crippen LogP contribution in [0, 0.1) is 11.3 Å². The van der Waals surface area contributed by atoms with Gasteiger partial charge in [-0.1, -0.05) is 48.5 Å². The summed E-state index contributed by atoms with van der Waals surface area (Å²) in [6.07, 6.45) is 0. The number of nitrogens with zero attached hydrogens (tertiary/aromatic N) is 1. The zero-order valence-corrected chi connectivity index (χ0v) is 16.3. The van der Waals surface area contributed by atoms with E-state index in [9.17, 15) is 15.2 Å². The van der Waals surface area contributed by atoms with Crippen LogP contribution in [-0.4, -0.2) is 17.7 Å². The summed E-state index contributed by atoms with van der Waals surface area (Å²) < 4.78 is 10.7. The van der Waals surface area contributed by atoms with Gasteiger partial charge in [0.25, 0.3) is 0 Å². The average Bonchev–Trinajstić information content (AvgIpc) is 2.73. The summed E-state index contributed by atoms with van der Waals surface area (Å²) in [5.41, 5.74) is 9.81. The van der Waals surface area contributed by atoms with Gasteiger partial charge >= 0.3 is 5.97 Å². The summed E-state index contributed by atoms with van der Waals surface area (Å²) in [7, 11) is 0. The lowest BCUT2D eigenvalue weighted by atomic mass is 9.82. The molecule has 2 aromatic carbocycles. The van der Waals surface area contributed by atoms with E-state index >= 15 is 0 Å². The Morgan fingerprint density at radius 2 is 1.97 bits per heavy atom. The van der Waals surface area contributed by atoms with Gasteiger partial charge in [-0.2, -0.15) is 5.26 Å². The summed E-state index contributed by atoms with van der Waals surface area (Å²) in [6.45, 7) is 3.54. The summed E-state index contributed by atoms with van der Waals surface area (Å²) in [5.74, 6) is -0.902. The van der Waals surface area contributed by atoms with Crippen molar-refractivity contribution in [3.63, 3.8) is 0 Å². The molecule has 0 radical (unpaired) electrons. The molecule has 0 bridgehead atoms. The molecule has 1 unspecified atom stereocenters. The van der Waals surface area contributed by atoms with E-state index in [4.69, 9.17) is 15.2 Å². The molecule has 0 spiro atoms. The van der Waals surface area contributed by atoms with Crippen molar-refractivity contribution < 1.29 is 19.4 Å². The molecule has 0 saturated carbocycles. The number of hydrogen-bond acceptors (Lipinski definition) is 6. The summed E-state index contributed by atoms with van der Waals surface area (Å²) in [4.78, 5) is 12.6. The zero-order chi connectivity index (χ0) is 21.0. The van der Waals surface area contributed by atoms with Crippen LogP contribution in [0.5, 0.6) is 0 Å². The molecule has 29 heavy (non-hydrogen) atoms. The highest BCUT2D eigenvalue weighted by Crippen LogP contribution is 2.40. The monoisotopic (exact) mass is 390 g/mol. The molecule has 1 aliphatic heterocycles. The number of nitrogens with two attached hydrogens (primary N) is 1. The van der Waals surface area contributed by atoms with Crippen LogP contribution in [0.2, 0.25) is 0 Å². The van der Waals surface area contributed by atoms with E-state index in [2.05, 4.69) is 6.07 Å². The van der Waals surface area contributed by atoms with Crippen LogP contribution >= 0.6 is 0 Å². The van der Waals surface area contributed by atoms with Crippen LogP contribution < -0.4 is 5.73 Å². The molecule has 2 aromatic rings. The lowest BCUT2D eigenvalue weighted by Crippen LogP contribution is -2.25. The molecule has 1 heterocycles. The van der Waals surface area contributed by atoms with E-state index in [0.717, 1.165) is 22.3 Å². The zero-order valence-electron chi connectivity index (χ0n) is 16.3. The maximum absolute atomic E-state index is 12.6. The number of carbonyl (C=O) groups excluding carboxylic acids is 1. The van der Waals surface area contributed by atoms with Crippen molar-refractivity contribution in [1.82, 2.24) is 0 Å². The van der Waals surface area contributed by atoms with Crippen LogP contribution in [0.3, 0.4) is 0 Å². The minimum Gasteiger partial charge on any atom is -0.463 e. The Hall–Kier alpha value is -3.56. The molecule has 0 amide bonds. The van der Waals surface area contributed by atoms with Crippen LogP contribution in [-0.2, 0) is 20.9 Å². The SMILES string of the molecule is CCOC(=O)C1=C(C)OC(N)=C(C#N)C1c1cccc(-c2ccc(CO)cc2)c1. The van der Waals surface area contributed by atoms with E-state index < -0.39 is 11.9 Å². The van der Waals surface area contributed by atoms with Crippen molar-refractivity contribution in [1.29, 1.82) is 5.26 Å². The largest absolute Gasteiger partial charge is 0.463 e. The van der Waals surface area contributed by atoms with Gasteiger partial charge in [0.15, 0.2) is 0 Å². The minimum atomic E-state index is -0.676. The normalized spacial score (nSPS) is 16.3. The first-order valence-corrected chi connectivity index (χ1v) is 9.25. The predicted octanol–water partition coefficient (Wildman–Crippen LogP) is 3.49. The van der Waals surface area contributed by atoms with Crippen molar-refractivity contribution in [2.45, 2.75) is 26.4 Å². The standard InChI is InChI=1S/C23H22N2O4/c1-3-28-23(27)20-14(2)29-22(25)19(12-24)21(20)18-6-4-5-17(11-18)16-9-7-15(13-26)8-10-16/h4-11,21,26H,3,13,25H2,1-2H3. The molecule has 3 rings (SSSR count). The Morgan fingerprint density at radius 3 is 2.59 bits per heavy atom. The summed E-state index contributed by atoms with van der Waals surface area (Å²) in [6, 6.07) is 17.2. The number of allylic oxidation sites excluding steroid dienone is 2. The van der Waals surface area contributed by atoms with Crippen molar-refractivity contribution in [2.75, 3.05) is 6.61 Å². The highest BCUT2D eigenvalue weighted by molar-refractivity contribution is 5.92. The first-order chi connectivity index (χ1) is 14.0. The Balaban J connectivity index is 2.10. The smallest absolute Gasteiger partial charge is 0.338 e. The summed E-state index contributed by atoms with van der Waals surface area (Å²) >= 11 is 0. The van der Waals surface area contributed by atoms with E-state index in [1.54, 1.807) is 13.8 Å². The van der Waals surface area contributed by atoms with Crippen molar-refractivity contribution in [2.24, 2.45) is 5.73 Å². The maximum Gasteiger partial charge on any atom is 0.338 e. The Labute approximate surface area is 169 Å². The van der Waals surface area contributed by atoms with E-state index in [-0.39, 0.29) is 30.2 Å². The first-order valence-electron chi connectivity index (χ1n) is 9.25. The highest BCUT2D eigenvalue weighted by atomic mass is 16.5. The topological polar surface area (TPSA) is 106 Å². The average molecular weight is 390 g/mol. The number of ether oxygens (including phenoxy) is 2. The third-order valence-electron chi connectivity index (χ3n) is 4.79.